The Kier molecular flexibility index (Phi) is 4.88. The number of primary sulfonamides is 1. The van der Waals surface area contributed by atoms with E-state index in [0.29, 0.717) is 17.0 Å². The maximum absolute atomic E-state index is 12.1. The molecule has 1 atom stereocenters. The highest BCUT2D eigenvalue weighted by Crippen LogP contribution is 2.36. The highest BCUT2D eigenvalue weighted by molar-refractivity contribution is 7.89. The fraction of sp³-hybridized carbons (Fsp3) is 0.538. The van der Waals surface area contributed by atoms with Gasteiger partial charge in [0.05, 0.1) is 12.2 Å². The Labute approximate surface area is 133 Å². The average Bonchev–Trinajstić information content (AvgIpc) is 3.01. The van der Waals surface area contributed by atoms with Crippen molar-refractivity contribution < 1.29 is 22.7 Å². The van der Waals surface area contributed by atoms with Crippen LogP contribution in [0, 0.1) is 0 Å². The fourth-order valence-corrected chi connectivity index (χ4v) is 4.09. The third-order valence-electron chi connectivity index (χ3n) is 3.41. The van der Waals surface area contributed by atoms with Crippen LogP contribution in [0.25, 0.3) is 0 Å². The number of carbonyl (C=O) groups is 2. The third-order valence-corrected chi connectivity index (χ3v) is 5.95. The Balaban J connectivity index is 2.38. The third kappa shape index (κ3) is 3.31. The van der Waals surface area contributed by atoms with Gasteiger partial charge >= 0.3 is 5.97 Å². The molecule has 1 saturated heterocycles. The summed E-state index contributed by atoms with van der Waals surface area (Å²) in [6.07, 6.45) is 0.540. The molecule has 22 heavy (non-hydrogen) atoms. The van der Waals surface area contributed by atoms with Gasteiger partial charge in [0.15, 0.2) is 0 Å². The van der Waals surface area contributed by atoms with E-state index in [1.165, 1.54) is 16.2 Å². The smallest absolute Gasteiger partial charge is 0.341 e. The van der Waals surface area contributed by atoms with Crippen LogP contribution < -0.4 is 10.0 Å². The van der Waals surface area contributed by atoms with Gasteiger partial charge in [0, 0.05) is 17.8 Å². The quantitative estimate of drug-likeness (QED) is 0.797. The molecular weight excluding hydrogens is 328 g/mol. The van der Waals surface area contributed by atoms with E-state index >= 15 is 0 Å². The van der Waals surface area contributed by atoms with Crippen molar-refractivity contribution >= 4 is 38.2 Å². The molecular formula is C13H18N2O5S2. The first-order chi connectivity index (χ1) is 10.3. The van der Waals surface area contributed by atoms with E-state index in [1.807, 2.05) is 6.92 Å². The van der Waals surface area contributed by atoms with Crippen molar-refractivity contribution in [2.75, 3.05) is 18.1 Å². The van der Waals surface area contributed by atoms with E-state index in [-0.39, 0.29) is 25.5 Å². The molecule has 0 spiro atoms. The number of anilines is 1. The summed E-state index contributed by atoms with van der Waals surface area (Å²) in [5.74, 6) is -0.866. The SMILES string of the molecule is CCOC(=O)c1cc(CC)sc1N1CC(S(N)(=O)=O)CC1=O. The van der Waals surface area contributed by atoms with Gasteiger partial charge in [-0.05, 0) is 19.4 Å². The minimum atomic E-state index is -3.79. The molecule has 1 aromatic rings. The number of carbonyl (C=O) groups excluding carboxylic acids is 2. The standard InChI is InChI=1S/C13H18N2O5S2/c1-3-8-5-10(13(17)20-4-2)12(21-8)15-7-9(6-11(15)16)22(14,18)19/h5,9H,3-4,6-7H2,1-2H3,(H2,14,18,19). The molecule has 1 aliphatic rings. The number of esters is 1. The second-order valence-electron chi connectivity index (χ2n) is 4.93. The summed E-state index contributed by atoms with van der Waals surface area (Å²) >= 11 is 1.30. The molecule has 2 rings (SSSR count). The van der Waals surface area contributed by atoms with Crippen LogP contribution in [0.15, 0.2) is 6.07 Å². The summed E-state index contributed by atoms with van der Waals surface area (Å²) in [7, 11) is -3.79. The molecule has 2 heterocycles. The van der Waals surface area contributed by atoms with Gasteiger partial charge in [-0.15, -0.1) is 11.3 Å². The minimum Gasteiger partial charge on any atom is -0.462 e. The predicted molar refractivity (Wildman–Crippen MR) is 83.5 cm³/mol. The number of hydrogen-bond acceptors (Lipinski definition) is 6. The van der Waals surface area contributed by atoms with Crippen molar-refractivity contribution in [2.24, 2.45) is 5.14 Å². The number of sulfonamides is 1. The monoisotopic (exact) mass is 346 g/mol. The van der Waals surface area contributed by atoms with Gasteiger partial charge in [-0.1, -0.05) is 6.92 Å². The van der Waals surface area contributed by atoms with Gasteiger partial charge in [0.1, 0.15) is 10.3 Å². The van der Waals surface area contributed by atoms with Crippen molar-refractivity contribution in [1.29, 1.82) is 0 Å². The summed E-state index contributed by atoms with van der Waals surface area (Å²) < 4.78 is 27.9. The van der Waals surface area contributed by atoms with Gasteiger partial charge in [0.2, 0.25) is 15.9 Å². The lowest BCUT2D eigenvalue weighted by molar-refractivity contribution is -0.117. The highest BCUT2D eigenvalue weighted by Gasteiger charge is 2.39. The van der Waals surface area contributed by atoms with Crippen molar-refractivity contribution in [3.63, 3.8) is 0 Å². The number of nitrogens with two attached hydrogens (primary N) is 1. The van der Waals surface area contributed by atoms with Gasteiger partial charge < -0.3 is 9.64 Å². The molecule has 0 radical (unpaired) electrons. The average molecular weight is 346 g/mol. The Morgan fingerprint density at radius 2 is 2.18 bits per heavy atom. The molecule has 1 unspecified atom stereocenters. The van der Waals surface area contributed by atoms with Crippen LogP contribution in [-0.4, -0.2) is 38.7 Å². The molecule has 1 aromatic heterocycles. The zero-order valence-corrected chi connectivity index (χ0v) is 14.0. The first kappa shape index (κ1) is 16.9. The topological polar surface area (TPSA) is 107 Å². The molecule has 0 aliphatic carbocycles. The molecule has 0 saturated carbocycles. The van der Waals surface area contributed by atoms with Crippen molar-refractivity contribution in [1.82, 2.24) is 0 Å². The normalized spacial score (nSPS) is 18.8. The van der Waals surface area contributed by atoms with Gasteiger partial charge in [0.25, 0.3) is 0 Å². The number of thiophene rings is 1. The van der Waals surface area contributed by atoms with Crippen LogP contribution in [0.5, 0.6) is 0 Å². The van der Waals surface area contributed by atoms with Crippen LogP contribution >= 0.6 is 11.3 Å². The molecule has 2 N–H and O–H groups in total. The fourth-order valence-electron chi connectivity index (χ4n) is 2.25. The molecule has 1 amide bonds. The Bertz CT molecular complexity index is 695. The maximum atomic E-state index is 12.1. The largest absolute Gasteiger partial charge is 0.462 e. The number of aryl methyl sites for hydroxylation is 1. The summed E-state index contributed by atoms with van der Waals surface area (Å²) in [6.45, 7) is 3.82. The van der Waals surface area contributed by atoms with E-state index in [1.54, 1.807) is 13.0 Å². The van der Waals surface area contributed by atoms with Crippen molar-refractivity contribution in [3.8, 4) is 0 Å². The predicted octanol–water partition coefficient (Wildman–Crippen LogP) is 0.881. The van der Waals surface area contributed by atoms with Crippen molar-refractivity contribution in [2.45, 2.75) is 31.9 Å². The first-order valence-corrected chi connectivity index (χ1v) is 9.32. The summed E-state index contributed by atoms with van der Waals surface area (Å²) in [6, 6.07) is 1.69. The zero-order chi connectivity index (χ0) is 16.5. The summed E-state index contributed by atoms with van der Waals surface area (Å²) in [4.78, 5) is 26.4. The number of rotatable bonds is 5. The van der Waals surface area contributed by atoms with E-state index in [9.17, 15) is 18.0 Å². The molecule has 7 nitrogen and oxygen atoms in total. The first-order valence-electron chi connectivity index (χ1n) is 6.89. The van der Waals surface area contributed by atoms with E-state index in [0.717, 1.165) is 4.88 Å². The van der Waals surface area contributed by atoms with E-state index in [4.69, 9.17) is 9.88 Å². The van der Waals surface area contributed by atoms with Crippen LogP contribution in [0.2, 0.25) is 0 Å². The number of amides is 1. The van der Waals surface area contributed by atoms with Crippen molar-refractivity contribution in [3.05, 3.63) is 16.5 Å². The van der Waals surface area contributed by atoms with Crippen LogP contribution in [0.3, 0.4) is 0 Å². The Hall–Kier alpha value is -1.45. The lowest BCUT2D eigenvalue weighted by Gasteiger charge is -2.15. The van der Waals surface area contributed by atoms with Crippen LogP contribution in [0.4, 0.5) is 5.00 Å². The maximum Gasteiger partial charge on any atom is 0.341 e. The lowest BCUT2D eigenvalue weighted by atomic mass is 10.2. The Morgan fingerprint density at radius 3 is 2.68 bits per heavy atom. The number of hydrogen-bond donors (Lipinski definition) is 1. The lowest BCUT2D eigenvalue weighted by Crippen LogP contribution is -2.32. The number of nitrogens with zero attached hydrogens (tertiary/aromatic N) is 1. The molecule has 122 valence electrons. The molecule has 0 aromatic carbocycles. The molecule has 1 aliphatic heterocycles. The Morgan fingerprint density at radius 1 is 1.50 bits per heavy atom. The van der Waals surface area contributed by atoms with Crippen LogP contribution in [-0.2, 0) is 26.0 Å². The molecule has 1 fully saturated rings. The number of ether oxygens (including phenoxy) is 1. The van der Waals surface area contributed by atoms with Gasteiger partial charge in [-0.2, -0.15) is 0 Å². The second-order valence-corrected chi connectivity index (χ2v) is 7.88. The minimum absolute atomic E-state index is 0.0340. The molecule has 0 bridgehead atoms. The second kappa shape index (κ2) is 6.35. The van der Waals surface area contributed by atoms with Gasteiger partial charge in [-0.3, -0.25) is 4.79 Å². The summed E-state index contributed by atoms with van der Waals surface area (Å²) in [5.41, 5.74) is 0.298. The van der Waals surface area contributed by atoms with E-state index < -0.39 is 21.2 Å². The molecule has 9 heteroatoms. The van der Waals surface area contributed by atoms with E-state index in [2.05, 4.69) is 0 Å². The van der Waals surface area contributed by atoms with Crippen LogP contribution in [0.1, 0.15) is 35.5 Å². The zero-order valence-electron chi connectivity index (χ0n) is 12.4. The summed E-state index contributed by atoms with van der Waals surface area (Å²) in [5, 5.41) is 4.62. The highest BCUT2D eigenvalue weighted by atomic mass is 32.2. The van der Waals surface area contributed by atoms with Gasteiger partial charge in [-0.25, -0.2) is 18.4 Å².